The average molecular weight is 619 g/mol. The van der Waals surface area contributed by atoms with E-state index < -0.39 is 39.4 Å². The SMILES string of the molecule is Cc1ccc(NS(=O)(=O)Cc2ccc(Cl)cc2Cl)c(=O)n1CC(=O)NCCON=C(N)N.O=C(O)C(F)(F)F. The molecule has 0 radical (unpaired) electrons. The van der Waals surface area contributed by atoms with Gasteiger partial charge < -0.3 is 31.3 Å². The van der Waals surface area contributed by atoms with Crippen molar-refractivity contribution in [3.8, 4) is 0 Å². The number of aromatic nitrogens is 1. The van der Waals surface area contributed by atoms with Crippen LogP contribution in [0.1, 0.15) is 11.3 Å². The Labute approximate surface area is 229 Å². The molecule has 1 amide bonds. The van der Waals surface area contributed by atoms with Crippen molar-refractivity contribution in [2.45, 2.75) is 25.4 Å². The van der Waals surface area contributed by atoms with Crippen molar-refractivity contribution < 1.29 is 41.1 Å². The van der Waals surface area contributed by atoms with Crippen LogP contribution in [0.5, 0.6) is 0 Å². The van der Waals surface area contributed by atoms with Gasteiger partial charge in [0.25, 0.3) is 5.56 Å². The molecule has 1 heterocycles. The first-order valence-electron chi connectivity index (χ1n) is 10.4. The molecule has 1 aromatic carbocycles. The number of rotatable bonds is 10. The zero-order valence-corrected chi connectivity index (χ0v) is 22.3. The minimum absolute atomic E-state index is 0.0185. The van der Waals surface area contributed by atoms with Crippen LogP contribution in [0.3, 0.4) is 0 Å². The summed E-state index contributed by atoms with van der Waals surface area (Å²) in [6, 6.07) is 7.27. The van der Waals surface area contributed by atoms with Gasteiger partial charge in [-0.1, -0.05) is 29.3 Å². The molecule has 0 aliphatic heterocycles. The molecule has 0 fully saturated rings. The fourth-order valence-corrected chi connectivity index (χ4v) is 4.33. The highest BCUT2D eigenvalue weighted by Crippen LogP contribution is 2.23. The number of aryl methyl sites for hydroxylation is 1. The number of oxime groups is 1. The molecular formula is C20H23Cl2F3N6O7S. The number of carboxylic acid groups (broad SMARTS) is 1. The zero-order chi connectivity index (χ0) is 30.0. The molecule has 0 spiro atoms. The number of amides is 1. The minimum atomic E-state index is -5.08. The number of carbonyl (C=O) groups excluding carboxylic acids is 1. The van der Waals surface area contributed by atoms with Gasteiger partial charge in [-0.3, -0.25) is 14.3 Å². The predicted octanol–water partition coefficient (Wildman–Crippen LogP) is 1.36. The number of pyridine rings is 1. The average Bonchev–Trinajstić information content (AvgIpc) is 2.79. The lowest BCUT2D eigenvalue weighted by molar-refractivity contribution is -0.192. The standard InChI is InChI=1S/C18H22Cl2N6O5S.C2HF3O2/c1-11-2-5-15(25-32(29,30)10-12-3-4-13(19)8-14(12)20)17(28)26(11)9-16(27)23-6-7-31-24-18(21)22;3-2(4,5)1(6)7/h2-5,8,25H,6-7,9-10H2,1H3,(H,23,27)(H4,21,22,24);(H,6,7). The van der Waals surface area contributed by atoms with Crippen LogP contribution in [0.25, 0.3) is 0 Å². The second-order valence-corrected chi connectivity index (χ2v) is 9.94. The maximum Gasteiger partial charge on any atom is 0.490 e. The van der Waals surface area contributed by atoms with Gasteiger partial charge in [0, 0.05) is 15.7 Å². The number of nitrogens with zero attached hydrogens (tertiary/aromatic N) is 2. The summed E-state index contributed by atoms with van der Waals surface area (Å²) in [6.45, 7) is 1.40. The second kappa shape index (κ2) is 14.5. The van der Waals surface area contributed by atoms with Gasteiger partial charge in [0.15, 0.2) is 0 Å². The Balaban J connectivity index is 0.000000956. The molecule has 0 unspecified atom stereocenters. The van der Waals surface area contributed by atoms with Crippen LogP contribution in [0, 0.1) is 6.92 Å². The zero-order valence-electron chi connectivity index (χ0n) is 20.0. The normalized spacial score (nSPS) is 11.0. The van der Waals surface area contributed by atoms with Gasteiger partial charge in [-0.25, -0.2) is 13.2 Å². The van der Waals surface area contributed by atoms with E-state index in [1.54, 1.807) is 6.92 Å². The fraction of sp³-hybridized carbons (Fsp3) is 0.300. The number of sulfonamides is 1. The molecule has 1 aromatic heterocycles. The number of nitrogens with one attached hydrogen (secondary N) is 2. The van der Waals surface area contributed by atoms with Crippen molar-refractivity contribution in [2.75, 3.05) is 17.9 Å². The van der Waals surface area contributed by atoms with Crippen molar-refractivity contribution in [2.24, 2.45) is 16.6 Å². The molecule has 0 aliphatic carbocycles. The molecule has 2 aromatic rings. The lowest BCUT2D eigenvalue weighted by Gasteiger charge is -2.14. The molecule has 0 aliphatic rings. The Morgan fingerprint density at radius 2 is 1.79 bits per heavy atom. The minimum Gasteiger partial charge on any atom is -0.475 e. The number of anilines is 1. The molecule has 19 heteroatoms. The van der Waals surface area contributed by atoms with E-state index in [1.165, 1.54) is 30.3 Å². The van der Waals surface area contributed by atoms with Crippen LogP contribution in [0.4, 0.5) is 18.9 Å². The number of hydrogen-bond acceptors (Lipinski definition) is 7. The number of benzene rings is 1. The molecular weight excluding hydrogens is 596 g/mol. The molecule has 0 atom stereocenters. The van der Waals surface area contributed by atoms with Gasteiger partial charge in [0.05, 0.1) is 12.3 Å². The number of alkyl halides is 3. The Morgan fingerprint density at radius 3 is 2.33 bits per heavy atom. The topological polar surface area (TPSA) is 208 Å². The third-order valence-corrected chi connectivity index (χ3v) is 6.06. The van der Waals surface area contributed by atoms with E-state index in [0.717, 1.165) is 4.57 Å². The van der Waals surface area contributed by atoms with Gasteiger partial charge in [0.1, 0.15) is 18.8 Å². The third kappa shape index (κ3) is 12.1. The van der Waals surface area contributed by atoms with E-state index in [4.69, 9.17) is 49.4 Å². The number of guanidine groups is 1. The summed E-state index contributed by atoms with van der Waals surface area (Å²) in [6.07, 6.45) is -5.08. The lowest BCUT2D eigenvalue weighted by atomic mass is 10.2. The monoisotopic (exact) mass is 618 g/mol. The van der Waals surface area contributed by atoms with Crippen molar-refractivity contribution in [1.82, 2.24) is 9.88 Å². The molecule has 7 N–H and O–H groups in total. The fourth-order valence-electron chi connectivity index (χ4n) is 2.55. The van der Waals surface area contributed by atoms with E-state index in [2.05, 4.69) is 15.2 Å². The molecule has 39 heavy (non-hydrogen) atoms. The summed E-state index contributed by atoms with van der Waals surface area (Å²) in [5, 5.41) is 13.5. The predicted molar refractivity (Wildman–Crippen MR) is 137 cm³/mol. The highest BCUT2D eigenvalue weighted by atomic mass is 35.5. The number of carbonyl (C=O) groups is 2. The van der Waals surface area contributed by atoms with Crippen LogP contribution in [-0.4, -0.2) is 55.3 Å². The Kier molecular flexibility index (Phi) is 12.4. The van der Waals surface area contributed by atoms with Gasteiger partial charge in [-0.15, -0.1) is 0 Å². The Hall–Kier alpha value is -3.70. The number of carboxylic acids is 1. The van der Waals surface area contributed by atoms with E-state index >= 15 is 0 Å². The lowest BCUT2D eigenvalue weighted by Crippen LogP contribution is -2.36. The van der Waals surface area contributed by atoms with Gasteiger partial charge in [-0.2, -0.15) is 13.2 Å². The van der Waals surface area contributed by atoms with Gasteiger partial charge in [-0.05, 0) is 41.9 Å². The molecule has 0 bridgehead atoms. The van der Waals surface area contributed by atoms with E-state index in [0.29, 0.717) is 16.3 Å². The maximum absolute atomic E-state index is 12.8. The summed E-state index contributed by atoms with van der Waals surface area (Å²) in [5.41, 5.74) is 10.1. The molecule has 13 nitrogen and oxygen atoms in total. The van der Waals surface area contributed by atoms with Crippen LogP contribution < -0.4 is 27.1 Å². The highest BCUT2D eigenvalue weighted by Gasteiger charge is 2.38. The third-order valence-electron chi connectivity index (χ3n) is 4.25. The number of hydrogen-bond donors (Lipinski definition) is 5. The number of aliphatic carboxylic acids is 1. The molecule has 216 valence electrons. The van der Waals surface area contributed by atoms with Crippen LogP contribution in [0.15, 0.2) is 40.3 Å². The van der Waals surface area contributed by atoms with Crippen molar-refractivity contribution in [1.29, 1.82) is 0 Å². The van der Waals surface area contributed by atoms with Crippen LogP contribution in [0.2, 0.25) is 10.0 Å². The van der Waals surface area contributed by atoms with Crippen molar-refractivity contribution >= 4 is 56.7 Å². The smallest absolute Gasteiger partial charge is 0.475 e. The first kappa shape index (κ1) is 33.3. The van der Waals surface area contributed by atoms with Gasteiger partial charge >= 0.3 is 12.1 Å². The Morgan fingerprint density at radius 1 is 1.18 bits per heavy atom. The van der Waals surface area contributed by atoms with Crippen molar-refractivity contribution in [3.05, 3.63) is 62.0 Å². The Bertz CT molecular complexity index is 1380. The summed E-state index contributed by atoms with van der Waals surface area (Å²) >= 11 is 11.9. The first-order chi connectivity index (χ1) is 17.9. The van der Waals surface area contributed by atoms with Crippen molar-refractivity contribution in [3.63, 3.8) is 0 Å². The van der Waals surface area contributed by atoms with Crippen LogP contribution >= 0.6 is 23.2 Å². The molecule has 0 saturated carbocycles. The number of nitrogens with two attached hydrogens (primary N) is 2. The summed E-state index contributed by atoms with van der Waals surface area (Å²) in [4.78, 5) is 38.5. The highest BCUT2D eigenvalue weighted by molar-refractivity contribution is 7.91. The van der Waals surface area contributed by atoms with E-state index in [-0.39, 0.29) is 36.4 Å². The van der Waals surface area contributed by atoms with E-state index in [9.17, 15) is 31.2 Å². The first-order valence-corrected chi connectivity index (χ1v) is 12.8. The number of halogens is 5. The largest absolute Gasteiger partial charge is 0.490 e. The molecule has 0 saturated heterocycles. The second-order valence-electron chi connectivity index (χ2n) is 7.38. The summed E-state index contributed by atoms with van der Waals surface area (Å²) in [7, 11) is -3.97. The maximum atomic E-state index is 12.8. The molecule has 2 rings (SSSR count). The van der Waals surface area contributed by atoms with Gasteiger partial charge in [0.2, 0.25) is 21.9 Å². The summed E-state index contributed by atoms with van der Waals surface area (Å²) in [5.74, 6) is -3.97. The quantitative estimate of drug-likeness (QED) is 0.112. The van der Waals surface area contributed by atoms with E-state index in [1.807, 2.05) is 0 Å². The summed E-state index contributed by atoms with van der Waals surface area (Å²) < 4.78 is 60.2. The van der Waals surface area contributed by atoms with Crippen LogP contribution in [-0.2, 0) is 36.7 Å².